The van der Waals surface area contributed by atoms with Gasteiger partial charge in [0, 0.05) is 23.3 Å². The molecule has 0 fully saturated rings. The fraction of sp³-hybridized carbons (Fsp3) is 0.160. The lowest BCUT2D eigenvalue weighted by Gasteiger charge is -2.12. The van der Waals surface area contributed by atoms with Crippen LogP contribution < -0.4 is 23.7 Å². The van der Waals surface area contributed by atoms with E-state index in [-0.39, 0.29) is 24.0 Å². The van der Waals surface area contributed by atoms with Gasteiger partial charge in [0.05, 0.1) is 26.9 Å². The zero-order valence-electron chi connectivity index (χ0n) is 17.8. The van der Waals surface area contributed by atoms with Crippen LogP contribution in [0.4, 0.5) is 4.39 Å². The lowest BCUT2D eigenvalue weighted by Crippen LogP contribution is -2.00. The minimum Gasteiger partial charge on any atom is -0.496 e. The number of benzene rings is 3. The molecule has 1 heterocycles. The normalized spacial score (nSPS) is 13.5. The number of fused-ring (bicyclic) bond motifs is 1. The van der Waals surface area contributed by atoms with Crippen LogP contribution in [0.2, 0.25) is 0 Å². The third-order valence-electron chi connectivity index (χ3n) is 5.02. The standard InChI is InChI=1S/C25H21FO6/c1-28-20-13-23(30-3)22(29-2)10-16(20)11-24-25(27)18-9-8-17(12-21(18)32-24)31-14-15-6-4-5-7-19(15)26/h4-13H,14H2,1-3H3. The predicted octanol–water partition coefficient (Wildman–Crippen LogP) is 5.05. The van der Waals surface area contributed by atoms with Gasteiger partial charge in [-0.3, -0.25) is 4.79 Å². The van der Waals surface area contributed by atoms with Crippen molar-refractivity contribution in [2.45, 2.75) is 6.61 Å². The Balaban J connectivity index is 1.58. The van der Waals surface area contributed by atoms with Crippen molar-refractivity contribution in [2.75, 3.05) is 21.3 Å². The van der Waals surface area contributed by atoms with E-state index in [1.165, 1.54) is 27.4 Å². The Bertz CT molecular complexity index is 1200. The number of Topliss-reactive ketones (excluding diaryl/α,β-unsaturated/α-hetero) is 1. The van der Waals surface area contributed by atoms with Gasteiger partial charge in [-0.25, -0.2) is 4.39 Å². The van der Waals surface area contributed by atoms with E-state index in [9.17, 15) is 9.18 Å². The van der Waals surface area contributed by atoms with E-state index in [0.717, 1.165) is 0 Å². The number of methoxy groups -OCH3 is 3. The molecule has 0 aromatic heterocycles. The van der Waals surface area contributed by atoms with Crippen LogP contribution in [0.3, 0.4) is 0 Å². The van der Waals surface area contributed by atoms with E-state index in [0.29, 0.717) is 45.4 Å². The SMILES string of the molecule is COc1cc(OC)c(OC)cc1C=C1Oc2cc(OCc3ccccc3F)ccc2C1=O. The van der Waals surface area contributed by atoms with Gasteiger partial charge in [0.1, 0.15) is 29.7 Å². The molecule has 0 aliphatic carbocycles. The third-order valence-corrected chi connectivity index (χ3v) is 5.02. The molecule has 0 spiro atoms. The molecular formula is C25H21FO6. The number of carbonyl (C=O) groups excluding carboxylic acids is 1. The number of halogens is 1. The van der Waals surface area contributed by atoms with Gasteiger partial charge in [-0.1, -0.05) is 18.2 Å². The molecule has 7 heteroatoms. The maximum Gasteiger partial charge on any atom is 0.231 e. The van der Waals surface area contributed by atoms with E-state index in [1.807, 2.05) is 0 Å². The van der Waals surface area contributed by atoms with Gasteiger partial charge in [-0.05, 0) is 30.3 Å². The van der Waals surface area contributed by atoms with Crippen LogP contribution in [0.1, 0.15) is 21.5 Å². The van der Waals surface area contributed by atoms with E-state index in [1.54, 1.807) is 54.6 Å². The first-order valence-corrected chi connectivity index (χ1v) is 9.78. The first kappa shape index (κ1) is 21.2. The molecule has 0 saturated heterocycles. The molecule has 0 bridgehead atoms. The molecule has 0 amide bonds. The number of allylic oxidation sites excluding steroid dienone is 1. The van der Waals surface area contributed by atoms with Crippen LogP contribution >= 0.6 is 0 Å². The summed E-state index contributed by atoms with van der Waals surface area (Å²) in [5.74, 6) is 1.85. The molecule has 1 aliphatic rings. The highest BCUT2D eigenvalue weighted by Crippen LogP contribution is 2.39. The molecule has 6 nitrogen and oxygen atoms in total. The highest BCUT2D eigenvalue weighted by Gasteiger charge is 2.28. The number of ketones is 1. The van der Waals surface area contributed by atoms with E-state index in [4.69, 9.17) is 23.7 Å². The highest BCUT2D eigenvalue weighted by molar-refractivity contribution is 6.14. The summed E-state index contributed by atoms with van der Waals surface area (Å²) < 4.78 is 41.3. The van der Waals surface area contributed by atoms with Gasteiger partial charge in [0.25, 0.3) is 0 Å². The van der Waals surface area contributed by atoms with Crippen molar-refractivity contribution in [3.8, 4) is 28.7 Å². The second-order valence-electron chi connectivity index (χ2n) is 6.93. The van der Waals surface area contributed by atoms with E-state index >= 15 is 0 Å². The van der Waals surface area contributed by atoms with E-state index < -0.39 is 0 Å². The van der Waals surface area contributed by atoms with Crippen molar-refractivity contribution in [3.63, 3.8) is 0 Å². The molecule has 32 heavy (non-hydrogen) atoms. The highest BCUT2D eigenvalue weighted by atomic mass is 19.1. The summed E-state index contributed by atoms with van der Waals surface area (Å²) in [7, 11) is 4.58. The third kappa shape index (κ3) is 4.09. The Morgan fingerprint density at radius 3 is 2.34 bits per heavy atom. The van der Waals surface area contributed by atoms with Crippen LogP contribution in [0.15, 0.2) is 60.4 Å². The average Bonchev–Trinajstić information content (AvgIpc) is 3.12. The summed E-state index contributed by atoms with van der Waals surface area (Å²) in [5.41, 5.74) is 1.44. The van der Waals surface area contributed by atoms with E-state index in [2.05, 4.69) is 0 Å². The Labute approximate surface area is 184 Å². The molecule has 0 atom stereocenters. The minimum absolute atomic E-state index is 0.0605. The summed E-state index contributed by atoms with van der Waals surface area (Å²) in [6.07, 6.45) is 1.59. The molecule has 164 valence electrons. The Morgan fingerprint density at radius 2 is 1.62 bits per heavy atom. The largest absolute Gasteiger partial charge is 0.496 e. The van der Waals surface area contributed by atoms with Crippen molar-refractivity contribution in [2.24, 2.45) is 0 Å². The second kappa shape index (κ2) is 9.01. The van der Waals surface area contributed by atoms with Gasteiger partial charge in [0.15, 0.2) is 17.3 Å². The molecule has 0 N–H and O–H groups in total. The summed E-state index contributed by atoms with van der Waals surface area (Å²) in [6, 6.07) is 14.7. The Morgan fingerprint density at radius 1 is 0.906 bits per heavy atom. The maximum atomic E-state index is 13.8. The van der Waals surface area contributed by atoms with Gasteiger partial charge >= 0.3 is 0 Å². The van der Waals surface area contributed by atoms with Gasteiger partial charge in [0.2, 0.25) is 5.78 Å². The van der Waals surface area contributed by atoms with Crippen molar-refractivity contribution in [1.29, 1.82) is 0 Å². The summed E-state index contributed by atoms with van der Waals surface area (Å²) >= 11 is 0. The molecule has 0 saturated carbocycles. The fourth-order valence-corrected chi connectivity index (χ4v) is 3.34. The van der Waals surface area contributed by atoms with Crippen molar-refractivity contribution in [1.82, 2.24) is 0 Å². The van der Waals surface area contributed by atoms with Gasteiger partial charge in [-0.15, -0.1) is 0 Å². The van der Waals surface area contributed by atoms with Crippen LogP contribution in [-0.2, 0) is 6.61 Å². The van der Waals surface area contributed by atoms with Crippen LogP contribution in [0.25, 0.3) is 6.08 Å². The average molecular weight is 436 g/mol. The molecule has 0 radical (unpaired) electrons. The lowest BCUT2D eigenvalue weighted by molar-refractivity contribution is 0.101. The maximum absolute atomic E-state index is 13.8. The zero-order chi connectivity index (χ0) is 22.7. The minimum atomic E-state index is -0.339. The lowest BCUT2D eigenvalue weighted by atomic mass is 10.1. The zero-order valence-corrected chi connectivity index (χ0v) is 17.8. The Kier molecular flexibility index (Phi) is 5.98. The molecule has 3 aromatic carbocycles. The quantitative estimate of drug-likeness (QED) is 0.483. The van der Waals surface area contributed by atoms with Crippen molar-refractivity contribution >= 4 is 11.9 Å². The molecular weight excluding hydrogens is 415 g/mol. The first-order valence-electron chi connectivity index (χ1n) is 9.78. The molecule has 1 aliphatic heterocycles. The van der Waals surface area contributed by atoms with Gasteiger partial charge < -0.3 is 23.7 Å². The molecule has 4 rings (SSSR count). The molecule has 0 unspecified atom stereocenters. The second-order valence-corrected chi connectivity index (χ2v) is 6.93. The van der Waals surface area contributed by atoms with Crippen LogP contribution in [0.5, 0.6) is 28.7 Å². The monoisotopic (exact) mass is 436 g/mol. The topological polar surface area (TPSA) is 63.2 Å². The number of carbonyl (C=O) groups is 1. The summed E-state index contributed by atoms with van der Waals surface area (Å²) in [6.45, 7) is 0.0605. The Hall–Kier alpha value is -4.00. The number of hydrogen-bond acceptors (Lipinski definition) is 6. The predicted molar refractivity (Wildman–Crippen MR) is 116 cm³/mol. The number of ether oxygens (including phenoxy) is 5. The summed E-state index contributed by atoms with van der Waals surface area (Å²) in [4.78, 5) is 12.8. The van der Waals surface area contributed by atoms with Crippen molar-refractivity contribution in [3.05, 3.63) is 82.9 Å². The van der Waals surface area contributed by atoms with Gasteiger partial charge in [-0.2, -0.15) is 0 Å². The number of hydrogen-bond donors (Lipinski definition) is 0. The van der Waals surface area contributed by atoms with Crippen LogP contribution in [0, 0.1) is 5.82 Å². The first-order chi connectivity index (χ1) is 15.5. The number of rotatable bonds is 7. The molecule has 3 aromatic rings. The summed E-state index contributed by atoms with van der Waals surface area (Å²) in [5, 5.41) is 0. The van der Waals surface area contributed by atoms with Crippen molar-refractivity contribution < 1.29 is 32.9 Å². The smallest absolute Gasteiger partial charge is 0.231 e. The fourth-order valence-electron chi connectivity index (χ4n) is 3.34. The van der Waals surface area contributed by atoms with Crippen LogP contribution in [-0.4, -0.2) is 27.1 Å².